The lowest BCUT2D eigenvalue weighted by Gasteiger charge is -2.36. The van der Waals surface area contributed by atoms with Gasteiger partial charge in [0.2, 0.25) is 5.90 Å². The van der Waals surface area contributed by atoms with Gasteiger partial charge in [0.15, 0.2) is 12.4 Å². The number of hydrogen-bond acceptors (Lipinski definition) is 4. The molecule has 0 aromatic rings. The first-order chi connectivity index (χ1) is 6.27. The zero-order valence-corrected chi connectivity index (χ0v) is 7.37. The van der Waals surface area contributed by atoms with E-state index >= 15 is 0 Å². The van der Waals surface area contributed by atoms with Gasteiger partial charge in [0.05, 0.1) is 7.11 Å². The van der Waals surface area contributed by atoms with E-state index in [1.165, 1.54) is 7.11 Å². The molecule has 70 valence electrons. The predicted octanol–water partition coefficient (Wildman–Crippen LogP) is 1.20. The number of methoxy groups -OCH3 is 1. The van der Waals surface area contributed by atoms with Crippen molar-refractivity contribution in [2.45, 2.75) is 12.0 Å². The summed E-state index contributed by atoms with van der Waals surface area (Å²) in [6, 6.07) is 0. The van der Waals surface area contributed by atoms with E-state index in [2.05, 4.69) is 0 Å². The van der Waals surface area contributed by atoms with Gasteiger partial charge in [0, 0.05) is 6.42 Å². The molecule has 1 unspecified atom stereocenters. The molecular formula is C9H11NO3. The van der Waals surface area contributed by atoms with Gasteiger partial charge in [-0.3, -0.25) is 5.41 Å². The van der Waals surface area contributed by atoms with Gasteiger partial charge < -0.3 is 14.2 Å². The molecule has 1 aliphatic heterocycles. The van der Waals surface area contributed by atoms with Crippen molar-refractivity contribution < 1.29 is 14.2 Å². The smallest absolute Gasteiger partial charge is 0.218 e. The topological polar surface area (TPSA) is 51.5 Å². The molecule has 0 spiro atoms. The Morgan fingerprint density at radius 3 is 3.31 bits per heavy atom. The highest BCUT2D eigenvalue weighted by Crippen LogP contribution is 2.32. The van der Waals surface area contributed by atoms with Crippen LogP contribution in [-0.4, -0.2) is 25.4 Å². The maximum Gasteiger partial charge on any atom is 0.218 e. The molecule has 1 saturated heterocycles. The Bertz CT molecular complexity index is 295. The van der Waals surface area contributed by atoms with Crippen LogP contribution in [0.1, 0.15) is 6.42 Å². The fourth-order valence-corrected chi connectivity index (χ4v) is 1.49. The highest BCUT2D eigenvalue weighted by atomic mass is 16.7. The molecule has 0 radical (unpaired) electrons. The van der Waals surface area contributed by atoms with Gasteiger partial charge in [-0.1, -0.05) is 6.08 Å². The Morgan fingerprint density at radius 2 is 2.54 bits per heavy atom. The monoisotopic (exact) mass is 181 g/mol. The van der Waals surface area contributed by atoms with E-state index in [0.717, 1.165) is 5.76 Å². The van der Waals surface area contributed by atoms with Crippen LogP contribution in [0, 0.1) is 5.41 Å². The summed E-state index contributed by atoms with van der Waals surface area (Å²) >= 11 is 0. The molecule has 2 bridgehead atoms. The Morgan fingerprint density at radius 1 is 1.69 bits per heavy atom. The van der Waals surface area contributed by atoms with Crippen LogP contribution in [0.25, 0.3) is 0 Å². The molecule has 0 amide bonds. The second-order valence-electron chi connectivity index (χ2n) is 3.00. The molecule has 1 fully saturated rings. The molecule has 13 heavy (non-hydrogen) atoms. The normalized spacial score (nSPS) is 30.4. The zero-order valence-electron chi connectivity index (χ0n) is 7.37. The maximum atomic E-state index is 7.62. The third kappa shape index (κ3) is 1.23. The second kappa shape index (κ2) is 2.88. The Hall–Kier alpha value is -1.29. The highest BCUT2D eigenvalue weighted by Gasteiger charge is 2.41. The van der Waals surface area contributed by atoms with Crippen molar-refractivity contribution in [3.05, 3.63) is 24.0 Å². The molecule has 4 heteroatoms. The van der Waals surface area contributed by atoms with Crippen LogP contribution in [0.5, 0.6) is 0 Å². The van der Waals surface area contributed by atoms with Crippen molar-refractivity contribution in [3.8, 4) is 0 Å². The molecular weight excluding hydrogens is 170 g/mol. The molecule has 0 aromatic heterocycles. The lowest BCUT2D eigenvalue weighted by Crippen LogP contribution is -2.45. The molecule has 2 rings (SSSR count). The second-order valence-corrected chi connectivity index (χ2v) is 3.00. The van der Waals surface area contributed by atoms with Crippen molar-refractivity contribution in [2.75, 3.05) is 13.9 Å². The standard InChI is InChI=1S/C9H11NO3/c1-11-8(10)9-4-2-3-7(5-9)12-6-13-9/h2-4,10H,5-6H2,1H3. The van der Waals surface area contributed by atoms with Crippen molar-refractivity contribution in [1.29, 1.82) is 5.41 Å². The molecule has 4 nitrogen and oxygen atoms in total. The number of fused-ring (bicyclic) bond motifs is 2. The van der Waals surface area contributed by atoms with Crippen LogP contribution in [-0.2, 0) is 14.2 Å². The Balaban J connectivity index is 2.28. The summed E-state index contributed by atoms with van der Waals surface area (Å²) in [6.45, 7) is 0.182. The molecule has 0 aromatic carbocycles. The summed E-state index contributed by atoms with van der Waals surface area (Å²) in [5, 5.41) is 7.62. The van der Waals surface area contributed by atoms with Crippen LogP contribution >= 0.6 is 0 Å². The lowest BCUT2D eigenvalue weighted by atomic mass is 9.93. The molecule has 0 saturated carbocycles. The van der Waals surface area contributed by atoms with Crippen LogP contribution in [0.15, 0.2) is 24.0 Å². The van der Waals surface area contributed by atoms with Gasteiger partial charge in [-0.2, -0.15) is 0 Å². The zero-order chi connectivity index (χ0) is 9.31. The number of hydrogen-bond donors (Lipinski definition) is 1. The Kier molecular flexibility index (Phi) is 1.84. The fraction of sp³-hybridized carbons (Fsp3) is 0.444. The maximum absolute atomic E-state index is 7.62. The predicted molar refractivity (Wildman–Crippen MR) is 46.3 cm³/mol. The average Bonchev–Trinajstić information content (AvgIpc) is 2.17. The van der Waals surface area contributed by atoms with E-state index in [4.69, 9.17) is 19.6 Å². The molecule has 1 atom stereocenters. The lowest BCUT2D eigenvalue weighted by molar-refractivity contribution is -0.122. The largest absolute Gasteiger partial charge is 0.482 e. The van der Waals surface area contributed by atoms with Crippen molar-refractivity contribution in [1.82, 2.24) is 0 Å². The van der Waals surface area contributed by atoms with Gasteiger partial charge in [0.1, 0.15) is 5.76 Å². The third-order valence-electron chi connectivity index (χ3n) is 2.23. The number of nitrogens with one attached hydrogen (secondary N) is 1. The molecule has 2 aliphatic rings. The minimum Gasteiger partial charge on any atom is -0.482 e. The molecule has 1 N–H and O–H groups in total. The van der Waals surface area contributed by atoms with E-state index in [1.54, 1.807) is 0 Å². The van der Waals surface area contributed by atoms with E-state index in [-0.39, 0.29) is 12.7 Å². The summed E-state index contributed by atoms with van der Waals surface area (Å²) in [4.78, 5) is 0. The summed E-state index contributed by atoms with van der Waals surface area (Å²) in [6.07, 6.45) is 6.08. The van der Waals surface area contributed by atoms with E-state index < -0.39 is 5.60 Å². The van der Waals surface area contributed by atoms with Crippen LogP contribution in [0.4, 0.5) is 0 Å². The SMILES string of the molecule is COC(=N)C12C=CC=C(C1)OCO2. The van der Waals surface area contributed by atoms with E-state index in [9.17, 15) is 0 Å². The first kappa shape index (κ1) is 8.31. The minimum absolute atomic E-state index is 0.123. The summed E-state index contributed by atoms with van der Waals surface area (Å²) in [5.41, 5.74) is -0.725. The van der Waals surface area contributed by atoms with Gasteiger partial charge in [-0.15, -0.1) is 0 Å². The minimum atomic E-state index is -0.725. The van der Waals surface area contributed by atoms with Gasteiger partial charge in [-0.25, -0.2) is 0 Å². The first-order valence-electron chi connectivity index (χ1n) is 4.05. The van der Waals surface area contributed by atoms with Crippen LogP contribution in [0.3, 0.4) is 0 Å². The van der Waals surface area contributed by atoms with Crippen LogP contribution < -0.4 is 0 Å². The molecule has 1 aliphatic carbocycles. The summed E-state index contributed by atoms with van der Waals surface area (Å²) in [5.74, 6) is 0.966. The van der Waals surface area contributed by atoms with Gasteiger partial charge in [0.25, 0.3) is 0 Å². The van der Waals surface area contributed by atoms with E-state index in [1.807, 2.05) is 18.2 Å². The van der Waals surface area contributed by atoms with E-state index in [0.29, 0.717) is 6.42 Å². The number of rotatable bonds is 1. The van der Waals surface area contributed by atoms with Crippen molar-refractivity contribution >= 4 is 5.90 Å². The number of ether oxygens (including phenoxy) is 3. The van der Waals surface area contributed by atoms with Gasteiger partial charge in [-0.05, 0) is 12.2 Å². The van der Waals surface area contributed by atoms with Crippen molar-refractivity contribution in [2.24, 2.45) is 0 Å². The average molecular weight is 181 g/mol. The first-order valence-corrected chi connectivity index (χ1v) is 4.05. The summed E-state index contributed by atoms with van der Waals surface area (Å²) < 4.78 is 15.5. The third-order valence-corrected chi connectivity index (χ3v) is 2.23. The molecule has 1 heterocycles. The number of allylic oxidation sites excluding steroid dienone is 2. The summed E-state index contributed by atoms with van der Waals surface area (Å²) in [7, 11) is 1.47. The van der Waals surface area contributed by atoms with Crippen LogP contribution in [0.2, 0.25) is 0 Å². The fourth-order valence-electron chi connectivity index (χ4n) is 1.49. The quantitative estimate of drug-likeness (QED) is 0.488. The van der Waals surface area contributed by atoms with Crippen molar-refractivity contribution in [3.63, 3.8) is 0 Å². The Labute approximate surface area is 76.3 Å². The highest BCUT2D eigenvalue weighted by molar-refractivity contribution is 5.85. The van der Waals surface area contributed by atoms with Gasteiger partial charge >= 0.3 is 0 Å².